The number of sulfonamides is 1. The normalized spacial score (nSPS) is 12.5. The van der Waals surface area contributed by atoms with Crippen LogP contribution in [-0.4, -0.2) is 46.5 Å². The zero-order chi connectivity index (χ0) is 15.9. The molecule has 0 aliphatic carbocycles. The van der Waals surface area contributed by atoms with E-state index in [1.807, 2.05) is 0 Å². The first-order valence-electron chi connectivity index (χ1n) is 7.30. The number of nitrogens with one attached hydrogen (secondary N) is 2. The van der Waals surface area contributed by atoms with Gasteiger partial charge in [0.25, 0.3) is 10.0 Å². The quantitative estimate of drug-likeness (QED) is 0.638. The predicted octanol–water partition coefficient (Wildman–Crippen LogP) is 1.40. The molecular weight excluding hydrogens is 290 g/mol. The molecule has 0 aliphatic heterocycles. The summed E-state index contributed by atoms with van der Waals surface area (Å²) in [5.74, 6) is 0.608. The van der Waals surface area contributed by atoms with Crippen molar-refractivity contribution in [3.8, 4) is 0 Å². The molecule has 7 heteroatoms. The minimum Gasteiger partial charge on any atom is -0.447 e. The molecule has 0 bridgehead atoms. The molecule has 1 rings (SSSR count). The van der Waals surface area contributed by atoms with Crippen molar-refractivity contribution in [1.82, 2.24) is 14.9 Å². The lowest BCUT2D eigenvalue weighted by Gasteiger charge is -2.20. The Morgan fingerprint density at radius 2 is 2.00 bits per heavy atom. The van der Waals surface area contributed by atoms with Gasteiger partial charge >= 0.3 is 0 Å². The summed E-state index contributed by atoms with van der Waals surface area (Å²) in [6.07, 6.45) is 1.76. The number of hydrogen-bond acceptors (Lipinski definition) is 5. The highest BCUT2D eigenvalue weighted by atomic mass is 32.2. The summed E-state index contributed by atoms with van der Waals surface area (Å²) >= 11 is 0. The second kappa shape index (κ2) is 8.53. The smallest absolute Gasteiger partial charge is 0.273 e. The first-order chi connectivity index (χ1) is 9.86. The number of furan rings is 1. The maximum atomic E-state index is 12.0. The highest BCUT2D eigenvalue weighted by molar-refractivity contribution is 7.89. The van der Waals surface area contributed by atoms with Crippen molar-refractivity contribution in [1.29, 1.82) is 0 Å². The molecule has 2 N–H and O–H groups in total. The van der Waals surface area contributed by atoms with Crippen LogP contribution >= 0.6 is 0 Å². The van der Waals surface area contributed by atoms with Crippen molar-refractivity contribution >= 4 is 10.0 Å². The summed E-state index contributed by atoms with van der Waals surface area (Å²) in [7, 11) is 0.318. The summed E-state index contributed by atoms with van der Waals surface area (Å²) in [6.45, 7) is 6.19. The molecule has 0 aliphatic rings. The van der Waals surface area contributed by atoms with Gasteiger partial charge < -0.3 is 14.6 Å². The highest BCUT2D eigenvalue weighted by Gasteiger charge is 2.17. The van der Waals surface area contributed by atoms with E-state index in [1.165, 1.54) is 6.07 Å². The van der Waals surface area contributed by atoms with Crippen LogP contribution in [0.5, 0.6) is 0 Å². The van der Waals surface area contributed by atoms with Crippen LogP contribution in [0.3, 0.4) is 0 Å². The van der Waals surface area contributed by atoms with E-state index < -0.39 is 10.0 Å². The molecule has 0 amide bonds. The van der Waals surface area contributed by atoms with Gasteiger partial charge in [-0.3, -0.25) is 0 Å². The molecule has 0 radical (unpaired) electrons. The van der Waals surface area contributed by atoms with Gasteiger partial charge in [-0.05, 0) is 59.5 Å². The molecule has 122 valence electrons. The van der Waals surface area contributed by atoms with Gasteiger partial charge in [0.15, 0.2) is 0 Å². The van der Waals surface area contributed by atoms with Crippen molar-refractivity contribution in [3.05, 3.63) is 17.9 Å². The van der Waals surface area contributed by atoms with Crippen molar-refractivity contribution in [3.63, 3.8) is 0 Å². The van der Waals surface area contributed by atoms with E-state index in [2.05, 4.69) is 35.8 Å². The van der Waals surface area contributed by atoms with Crippen LogP contribution in [-0.2, 0) is 16.6 Å². The fourth-order valence-electron chi connectivity index (χ4n) is 1.79. The monoisotopic (exact) mass is 317 g/mol. The van der Waals surface area contributed by atoms with Gasteiger partial charge in [0.2, 0.25) is 5.09 Å². The molecule has 0 aromatic carbocycles. The molecule has 0 unspecified atom stereocenters. The Bertz CT molecular complexity index is 511. The van der Waals surface area contributed by atoms with Crippen molar-refractivity contribution in [2.45, 2.75) is 44.4 Å². The maximum absolute atomic E-state index is 12.0. The van der Waals surface area contributed by atoms with Crippen LogP contribution in [0.15, 0.2) is 21.6 Å². The summed E-state index contributed by atoms with van der Waals surface area (Å²) in [6, 6.07) is 3.67. The van der Waals surface area contributed by atoms with Crippen LogP contribution in [0.4, 0.5) is 0 Å². The van der Waals surface area contributed by atoms with Gasteiger partial charge in [-0.1, -0.05) is 0 Å². The van der Waals surface area contributed by atoms with Gasteiger partial charge in [0, 0.05) is 12.6 Å². The molecular formula is C14H27N3O3S. The van der Waals surface area contributed by atoms with Gasteiger partial charge in [0.05, 0.1) is 6.54 Å². The summed E-state index contributed by atoms with van der Waals surface area (Å²) < 4.78 is 31.9. The van der Waals surface area contributed by atoms with E-state index in [4.69, 9.17) is 4.42 Å². The minimum atomic E-state index is -3.53. The minimum absolute atomic E-state index is 0.0213. The lowest BCUT2D eigenvalue weighted by atomic mass is 10.2. The Hall–Kier alpha value is -0.890. The Morgan fingerprint density at radius 1 is 1.29 bits per heavy atom. The molecule has 0 saturated heterocycles. The fourth-order valence-corrected chi connectivity index (χ4v) is 2.81. The third kappa shape index (κ3) is 6.17. The number of nitrogens with zero attached hydrogens (tertiary/aromatic N) is 1. The third-order valence-corrected chi connectivity index (χ3v) is 4.70. The van der Waals surface area contributed by atoms with E-state index in [1.54, 1.807) is 13.1 Å². The molecule has 1 aromatic heterocycles. The first-order valence-corrected chi connectivity index (χ1v) is 8.78. The zero-order valence-corrected chi connectivity index (χ0v) is 14.2. The summed E-state index contributed by atoms with van der Waals surface area (Å²) in [5.41, 5.74) is 0. The Labute approximate surface area is 127 Å². The average Bonchev–Trinajstić information content (AvgIpc) is 2.87. The number of rotatable bonds is 10. The Morgan fingerprint density at radius 3 is 2.62 bits per heavy atom. The lowest BCUT2D eigenvalue weighted by Crippen LogP contribution is -2.29. The van der Waals surface area contributed by atoms with Gasteiger partial charge in [0.1, 0.15) is 5.76 Å². The Kier molecular flexibility index (Phi) is 7.37. The maximum Gasteiger partial charge on any atom is 0.273 e. The molecule has 6 nitrogen and oxygen atoms in total. The van der Waals surface area contributed by atoms with Crippen LogP contribution in [0, 0.1) is 0 Å². The first kappa shape index (κ1) is 18.2. The van der Waals surface area contributed by atoms with Gasteiger partial charge in [-0.25, -0.2) is 13.1 Å². The van der Waals surface area contributed by atoms with E-state index in [-0.39, 0.29) is 5.09 Å². The third-order valence-electron chi connectivity index (χ3n) is 3.36. The molecule has 0 fully saturated rings. The Balaban J connectivity index is 2.36. The average molecular weight is 317 g/mol. The largest absolute Gasteiger partial charge is 0.447 e. The second-order valence-electron chi connectivity index (χ2n) is 5.43. The zero-order valence-electron chi connectivity index (χ0n) is 13.3. The van der Waals surface area contributed by atoms with Crippen LogP contribution < -0.4 is 10.0 Å². The van der Waals surface area contributed by atoms with E-state index in [9.17, 15) is 8.42 Å². The standard InChI is InChI=1S/C14H27N3O3S/c1-12(2)17(4)10-6-5-9-16-21(18,19)14-8-7-13(20-14)11-15-3/h7-8,12,15-16H,5-6,9-11H2,1-4H3. The lowest BCUT2D eigenvalue weighted by molar-refractivity contribution is 0.268. The van der Waals surface area contributed by atoms with Crippen LogP contribution in [0.25, 0.3) is 0 Å². The van der Waals surface area contributed by atoms with E-state index in [0.717, 1.165) is 19.4 Å². The second-order valence-corrected chi connectivity index (χ2v) is 7.13. The van der Waals surface area contributed by atoms with Gasteiger partial charge in [-0.2, -0.15) is 0 Å². The van der Waals surface area contributed by atoms with Crippen molar-refractivity contribution < 1.29 is 12.8 Å². The van der Waals surface area contributed by atoms with Crippen molar-refractivity contribution in [2.75, 3.05) is 27.2 Å². The molecule has 0 spiro atoms. The molecule has 0 saturated carbocycles. The fraction of sp³-hybridized carbons (Fsp3) is 0.714. The molecule has 1 aromatic rings. The number of unbranched alkanes of at least 4 members (excludes halogenated alkanes) is 1. The SMILES string of the molecule is CNCc1ccc(S(=O)(=O)NCCCCN(C)C(C)C)o1. The topological polar surface area (TPSA) is 74.6 Å². The van der Waals surface area contributed by atoms with Crippen LogP contribution in [0.2, 0.25) is 0 Å². The van der Waals surface area contributed by atoms with Crippen molar-refractivity contribution in [2.24, 2.45) is 0 Å². The van der Waals surface area contributed by atoms with E-state index in [0.29, 0.717) is 24.9 Å². The van der Waals surface area contributed by atoms with E-state index >= 15 is 0 Å². The van der Waals surface area contributed by atoms with Gasteiger partial charge in [-0.15, -0.1) is 0 Å². The molecule has 21 heavy (non-hydrogen) atoms. The summed E-state index contributed by atoms with van der Waals surface area (Å²) in [4.78, 5) is 2.24. The molecule has 0 atom stereocenters. The predicted molar refractivity (Wildman–Crippen MR) is 83.7 cm³/mol. The van der Waals surface area contributed by atoms with Crippen LogP contribution in [0.1, 0.15) is 32.4 Å². The summed E-state index contributed by atoms with van der Waals surface area (Å²) in [5, 5.41) is 2.89. The molecule has 1 heterocycles. The highest BCUT2D eigenvalue weighted by Crippen LogP contribution is 2.13. The number of hydrogen-bond donors (Lipinski definition) is 2.